The van der Waals surface area contributed by atoms with Crippen LogP contribution in [0, 0.1) is 6.92 Å². The van der Waals surface area contributed by atoms with E-state index in [0.717, 1.165) is 11.4 Å². The van der Waals surface area contributed by atoms with Gasteiger partial charge in [-0.15, -0.1) is 0 Å². The third kappa shape index (κ3) is 2.12. The van der Waals surface area contributed by atoms with E-state index in [9.17, 15) is 4.79 Å². The van der Waals surface area contributed by atoms with Crippen LogP contribution in [0.5, 0.6) is 5.75 Å². The summed E-state index contributed by atoms with van der Waals surface area (Å²) in [5.74, 6) is 0.706. The maximum Gasteiger partial charge on any atom is 0.294 e. The molecule has 0 aliphatic carbocycles. The standard InChI is InChI=1S/C14H19N3O2/c1-9(2)16-10(3)13(15)14(18)17(16)11-6-5-7-12(8-11)19-4/h5-9H,15H2,1-4H3. The minimum absolute atomic E-state index is 0.135. The molecule has 2 rings (SSSR count). The molecule has 102 valence electrons. The summed E-state index contributed by atoms with van der Waals surface area (Å²) in [7, 11) is 1.60. The molecular formula is C14H19N3O2. The first kappa shape index (κ1) is 13.3. The monoisotopic (exact) mass is 261 g/mol. The molecule has 0 spiro atoms. The zero-order chi connectivity index (χ0) is 14.2. The first-order valence-electron chi connectivity index (χ1n) is 6.21. The fourth-order valence-corrected chi connectivity index (χ4v) is 2.24. The second-order valence-corrected chi connectivity index (χ2v) is 4.76. The zero-order valence-electron chi connectivity index (χ0n) is 11.7. The minimum Gasteiger partial charge on any atom is -0.497 e. The molecule has 1 aromatic heterocycles. The van der Waals surface area contributed by atoms with Crippen LogP contribution in [0.15, 0.2) is 29.1 Å². The molecule has 0 fully saturated rings. The van der Waals surface area contributed by atoms with Crippen LogP contribution in [-0.2, 0) is 0 Å². The first-order valence-corrected chi connectivity index (χ1v) is 6.21. The number of benzene rings is 1. The molecule has 0 aliphatic heterocycles. The highest BCUT2D eigenvalue weighted by Gasteiger charge is 2.17. The molecule has 0 radical (unpaired) electrons. The van der Waals surface area contributed by atoms with Crippen LogP contribution in [0.2, 0.25) is 0 Å². The highest BCUT2D eigenvalue weighted by atomic mass is 16.5. The number of nitrogens with zero attached hydrogens (tertiary/aromatic N) is 2. The van der Waals surface area contributed by atoms with Gasteiger partial charge in [0, 0.05) is 12.1 Å². The van der Waals surface area contributed by atoms with E-state index in [-0.39, 0.29) is 17.3 Å². The van der Waals surface area contributed by atoms with Crippen LogP contribution >= 0.6 is 0 Å². The molecule has 2 aromatic rings. The van der Waals surface area contributed by atoms with Crippen molar-refractivity contribution in [2.75, 3.05) is 12.8 Å². The predicted molar refractivity (Wildman–Crippen MR) is 76.1 cm³/mol. The van der Waals surface area contributed by atoms with Crippen LogP contribution in [0.25, 0.3) is 5.69 Å². The SMILES string of the molecule is COc1cccc(-n2c(=O)c(N)c(C)n2C(C)C)c1. The number of nitrogens with two attached hydrogens (primary N) is 1. The average Bonchev–Trinajstić information content (AvgIpc) is 2.63. The molecule has 5 heteroatoms. The number of nitrogen functional groups attached to an aromatic ring is 1. The lowest BCUT2D eigenvalue weighted by Gasteiger charge is -2.17. The second-order valence-electron chi connectivity index (χ2n) is 4.76. The molecule has 2 N–H and O–H groups in total. The van der Waals surface area contributed by atoms with Gasteiger partial charge in [0.2, 0.25) is 0 Å². The third-order valence-electron chi connectivity index (χ3n) is 3.16. The van der Waals surface area contributed by atoms with Crippen molar-refractivity contribution in [1.29, 1.82) is 0 Å². The van der Waals surface area contributed by atoms with E-state index in [2.05, 4.69) is 0 Å². The first-order chi connectivity index (χ1) is 8.97. The minimum atomic E-state index is -0.195. The van der Waals surface area contributed by atoms with Crippen molar-refractivity contribution >= 4 is 5.69 Å². The van der Waals surface area contributed by atoms with Gasteiger partial charge in [0.25, 0.3) is 5.56 Å². The van der Waals surface area contributed by atoms with E-state index < -0.39 is 0 Å². The molecule has 0 atom stereocenters. The molecule has 0 saturated heterocycles. The van der Waals surface area contributed by atoms with E-state index in [1.165, 1.54) is 0 Å². The molecule has 5 nitrogen and oxygen atoms in total. The molecule has 0 saturated carbocycles. The summed E-state index contributed by atoms with van der Waals surface area (Å²) in [4.78, 5) is 12.3. The third-order valence-corrected chi connectivity index (χ3v) is 3.16. The summed E-state index contributed by atoms with van der Waals surface area (Å²) in [6.07, 6.45) is 0. The van der Waals surface area contributed by atoms with Crippen molar-refractivity contribution in [3.63, 3.8) is 0 Å². The van der Waals surface area contributed by atoms with Crippen molar-refractivity contribution in [3.8, 4) is 11.4 Å². The maximum absolute atomic E-state index is 12.3. The lowest BCUT2D eigenvalue weighted by Crippen LogP contribution is -2.23. The number of aromatic nitrogens is 2. The van der Waals surface area contributed by atoms with E-state index in [1.54, 1.807) is 11.8 Å². The van der Waals surface area contributed by atoms with E-state index in [4.69, 9.17) is 10.5 Å². The Labute approximate surface area is 112 Å². The zero-order valence-corrected chi connectivity index (χ0v) is 11.7. The Hall–Kier alpha value is -2.17. The highest BCUT2D eigenvalue weighted by molar-refractivity contribution is 5.46. The number of methoxy groups -OCH3 is 1. The lowest BCUT2D eigenvalue weighted by atomic mass is 10.3. The van der Waals surface area contributed by atoms with Gasteiger partial charge in [-0.3, -0.25) is 9.48 Å². The topological polar surface area (TPSA) is 62.2 Å². The van der Waals surface area contributed by atoms with Crippen molar-refractivity contribution in [3.05, 3.63) is 40.3 Å². The molecule has 0 unspecified atom stereocenters. The summed E-state index contributed by atoms with van der Waals surface area (Å²) in [5.41, 5.74) is 7.49. The quantitative estimate of drug-likeness (QED) is 0.920. The van der Waals surface area contributed by atoms with Gasteiger partial charge in [-0.25, -0.2) is 4.68 Å². The van der Waals surface area contributed by atoms with Gasteiger partial charge in [0.05, 0.1) is 18.5 Å². The van der Waals surface area contributed by atoms with Crippen molar-refractivity contribution in [1.82, 2.24) is 9.36 Å². The summed E-state index contributed by atoms with van der Waals surface area (Å²) < 4.78 is 8.69. The summed E-state index contributed by atoms with van der Waals surface area (Å²) in [6.45, 7) is 5.89. The Morgan fingerprint density at radius 1 is 1.32 bits per heavy atom. The van der Waals surface area contributed by atoms with E-state index in [0.29, 0.717) is 5.75 Å². The fraction of sp³-hybridized carbons (Fsp3) is 0.357. The Balaban J connectivity index is 2.74. The van der Waals surface area contributed by atoms with Crippen LogP contribution in [0.3, 0.4) is 0 Å². The average molecular weight is 261 g/mol. The van der Waals surface area contributed by atoms with Gasteiger partial charge < -0.3 is 10.5 Å². The highest BCUT2D eigenvalue weighted by Crippen LogP contribution is 2.20. The lowest BCUT2D eigenvalue weighted by molar-refractivity contribution is 0.413. The summed E-state index contributed by atoms with van der Waals surface area (Å²) in [5, 5.41) is 0. The smallest absolute Gasteiger partial charge is 0.294 e. The normalized spacial score (nSPS) is 11.0. The summed E-state index contributed by atoms with van der Waals surface area (Å²) >= 11 is 0. The maximum atomic E-state index is 12.3. The molecule has 1 heterocycles. The van der Waals surface area contributed by atoms with E-state index >= 15 is 0 Å². The Kier molecular flexibility index (Phi) is 3.38. The van der Waals surface area contributed by atoms with Crippen LogP contribution in [0.4, 0.5) is 5.69 Å². The molecule has 19 heavy (non-hydrogen) atoms. The van der Waals surface area contributed by atoms with Gasteiger partial charge in [-0.05, 0) is 32.9 Å². The van der Waals surface area contributed by atoms with Crippen LogP contribution < -0.4 is 16.0 Å². The van der Waals surface area contributed by atoms with Gasteiger partial charge >= 0.3 is 0 Å². The number of ether oxygens (including phenoxy) is 1. The van der Waals surface area contributed by atoms with Gasteiger partial charge in [-0.1, -0.05) is 6.07 Å². The van der Waals surface area contributed by atoms with Crippen LogP contribution in [0.1, 0.15) is 25.6 Å². The number of anilines is 1. The van der Waals surface area contributed by atoms with Crippen molar-refractivity contribution in [2.24, 2.45) is 0 Å². The largest absolute Gasteiger partial charge is 0.497 e. The molecular weight excluding hydrogens is 242 g/mol. The van der Waals surface area contributed by atoms with Gasteiger partial charge in [0.1, 0.15) is 11.4 Å². The number of hydrogen-bond acceptors (Lipinski definition) is 3. The Morgan fingerprint density at radius 2 is 2.00 bits per heavy atom. The molecule has 0 bridgehead atoms. The number of rotatable bonds is 3. The van der Waals surface area contributed by atoms with Crippen molar-refractivity contribution in [2.45, 2.75) is 26.8 Å². The molecule has 0 aliphatic rings. The van der Waals surface area contributed by atoms with Crippen molar-refractivity contribution < 1.29 is 4.74 Å². The molecule has 1 aromatic carbocycles. The van der Waals surface area contributed by atoms with E-state index in [1.807, 2.05) is 49.7 Å². The predicted octanol–water partition coefficient (Wildman–Crippen LogP) is 2.12. The Bertz CT molecular complexity index is 653. The number of hydrogen-bond donors (Lipinski definition) is 1. The summed E-state index contributed by atoms with van der Waals surface area (Å²) in [6, 6.07) is 7.51. The van der Waals surface area contributed by atoms with Gasteiger partial charge in [-0.2, -0.15) is 0 Å². The molecule has 0 amide bonds. The Morgan fingerprint density at radius 3 is 2.58 bits per heavy atom. The fourth-order valence-electron chi connectivity index (χ4n) is 2.24. The van der Waals surface area contributed by atoms with Gasteiger partial charge in [0.15, 0.2) is 0 Å². The van der Waals surface area contributed by atoms with Crippen LogP contribution in [-0.4, -0.2) is 16.5 Å². The second kappa shape index (κ2) is 4.84.